The second-order valence-corrected chi connectivity index (χ2v) is 21.5. The molecule has 0 aromatic rings. The Balaban J connectivity index is 1.12. The van der Waals surface area contributed by atoms with Crippen molar-refractivity contribution in [3.8, 4) is 0 Å². The summed E-state index contributed by atoms with van der Waals surface area (Å²) < 4.78 is 85.1. The first-order valence-corrected chi connectivity index (χ1v) is 24.7. The van der Waals surface area contributed by atoms with Gasteiger partial charge in [-0.2, -0.15) is 0 Å². The summed E-state index contributed by atoms with van der Waals surface area (Å²) in [6.45, 7) is 19.0. The summed E-state index contributed by atoms with van der Waals surface area (Å²) in [5.74, 6) is -8.75. The molecule has 0 amide bonds. The fourth-order valence-corrected chi connectivity index (χ4v) is 13.7. The standard InChI is InChI=1S/C49H84O17/c1-24-40(56-13)26(3)47(10,52)65-41(24)35-17-16-33(60-35)34-18-20-37(61-34)46(9)43(58-15)28(5)49(66-46)25(2)36(55-12)22-31(62-49)23-38-45(8,64-39-21-19-32(54-11)30(7)59-39)42(57-14)27(4)48(53,63-38)29(6)44(50)51/h24-43,52-53H,16-23H2,1-15H3,(H,50,51)/t24-,25+,26+,27-,28+,29-,30+,31-,32-,33+,34-,35+,36+,37+,38-,39-,40-,41-,42-,43+,45-,46+,47-,48-,49-/m0/s1. The zero-order valence-corrected chi connectivity index (χ0v) is 42.3. The van der Waals surface area contributed by atoms with Crippen molar-refractivity contribution in [1.29, 1.82) is 0 Å². The topological polar surface area (TPSA) is 198 Å². The van der Waals surface area contributed by atoms with Crippen LogP contribution < -0.4 is 0 Å². The summed E-state index contributed by atoms with van der Waals surface area (Å²) in [4.78, 5) is 12.6. The van der Waals surface area contributed by atoms with Crippen molar-refractivity contribution in [2.45, 2.75) is 235 Å². The molecule has 7 rings (SSSR count). The van der Waals surface area contributed by atoms with E-state index in [2.05, 4.69) is 27.7 Å². The Bertz CT molecular complexity index is 1650. The molecule has 17 heteroatoms. The largest absolute Gasteiger partial charge is 0.481 e. The Labute approximate surface area is 392 Å². The number of methoxy groups -OCH3 is 5. The maximum absolute atomic E-state index is 12.6. The van der Waals surface area contributed by atoms with Crippen LogP contribution in [0.15, 0.2) is 0 Å². The summed E-state index contributed by atoms with van der Waals surface area (Å²) in [5.41, 5.74) is -2.19. The molecular weight excluding hydrogens is 861 g/mol. The summed E-state index contributed by atoms with van der Waals surface area (Å²) in [6.07, 6.45) is -0.593. The van der Waals surface area contributed by atoms with Gasteiger partial charge in [0.1, 0.15) is 17.1 Å². The van der Waals surface area contributed by atoms with E-state index in [4.69, 9.17) is 61.6 Å². The Morgan fingerprint density at radius 2 is 1.32 bits per heavy atom. The number of carbonyl (C=O) groups is 1. The van der Waals surface area contributed by atoms with E-state index in [9.17, 15) is 20.1 Å². The molecule has 0 radical (unpaired) electrons. The third kappa shape index (κ3) is 8.96. The van der Waals surface area contributed by atoms with Gasteiger partial charge in [0.25, 0.3) is 0 Å². The zero-order valence-electron chi connectivity index (χ0n) is 42.3. The lowest BCUT2D eigenvalue weighted by Crippen LogP contribution is -2.71. The number of rotatable bonds is 14. The number of hydrogen-bond acceptors (Lipinski definition) is 16. The maximum Gasteiger partial charge on any atom is 0.311 e. The Morgan fingerprint density at radius 3 is 1.92 bits per heavy atom. The Morgan fingerprint density at radius 1 is 0.682 bits per heavy atom. The van der Waals surface area contributed by atoms with Gasteiger partial charge in [-0.15, -0.1) is 0 Å². The lowest BCUT2D eigenvalue weighted by atomic mass is 9.71. The molecule has 66 heavy (non-hydrogen) atoms. The van der Waals surface area contributed by atoms with E-state index in [-0.39, 0.29) is 85.0 Å². The fraction of sp³-hybridized carbons (Fsp3) is 0.980. The molecule has 7 aliphatic rings. The fourth-order valence-electron chi connectivity index (χ4n) is 13.7. The van der Waals surface area contributed by atoms with E-state index in [1.807, 2.05) is 20.8 Å². The van der Waals surface area contributed by atoms with Crippen LogP contribution in [-0.2, 0) is 66.4 Å². The van der Waals surface area contributed by atoms with Gasteiger partial charge in [0.05, 0.1) is 79.4 Å². The molecule has 3 N–H and O–H groups in total. The molecule has 382 valence electrons. The number of ether oxygens (including phenoxy) is 13. The van der Waals surface area contributed by atoms with Crippen LogP contribution in [0.25, 0.3) is 0 Å². The predicted molar refractivity (Wildman–Crippen MR) is 237 cm³/mol. The molecular formula is C49H84O17. The summed E-state index contributed by atoms with van der Waals surface area (Å²) >= 11 is 0. The first kappa shape index (κ1) is 52.7. The Hall–Kier alpha value is -1.13. The van der Waals surface area contributed by atoms with E-state index in [1.54, 1.807) is 42.3 Å². The summed E-state index contributed by atoms with van der Waals surface area (Å²) in [7, 11) is 8.28. The van der Waals surface area contributed by atoms with Gasteiger partial charge in [-0.05, 0) is 66.7 Å². The van der Waals surface area contributed by atoms with Gasteiger partial charge in [0, 0.05) is 84.4 Å². The van der Waals surface area contributed by atoms with Gasteiger partial charge in [-0.25, -0.2) is 0 Å². The number of aliphatic carboxylic acids is 1. The molecule has 0 aromatic heterocycles. The minimum Gasteiger partial charge on any atom is -0.481 e. The van der Waals surface area contributed by atoms with Crippen LogP contribution in [0, 0.1) is 35.5 Å². The molecule has 0 aliphatic carbocycles. The van der Waals surface area contributed by atoms with Gasteiger partial charge < -0.3 is 76.9 Å². The molecule has 7 aliphatic heterocycles. The van der Waals surface area contributed by atoms with Crippen LogP contribution in [0.1, 0.15) is 121 Å². The molecule has 25 atom stereocenters. The van der Waals surface area contributed by atoms with Crippen LogP contribution in [-0.4, -0.2) is 171 Å². The molecule has 0 aromatic carbocycles. The minimum atomic E-state index is -2.12. The molecule has 0 saturated carbocycles. The molecule has 7 fully saturated rings. The monoisotopic (exact) mass is 945 g/mol. The number of hydrogen-bond donors (Lipinski definition) is 3. The van der Waals surface area contributed by atoms with Crippen molar-refractivity contribution in [2.24, 2.45) is 35.5 Å². The highest BCUT2D eigenvalue weighted by Gasteiger charge is 2.70. The van der Waals surface area contributed by atoms with Crippen molar-refractivity contribution in [3.05, 3.63) is 0 Å². The summed E-state index contributed by atoms with van der Waals surface area (Å²) in [5, 5.41) is 33.7. The van der Waals surface area contributed by atoms with Crippen LogP contribution in [0.3, 0.4) is 0 Å². The highest BCUT2D eigenvalue weighted by atomic mass is 16.8. The SMILES string of the molecule is CO[C@H]1[C@H](C)[C@@H]([C@H]2CC[C@H]([C@@H]3CC[C@H]([C@@]4(C)O[C@]5(O[C@H](C[C@@H]6O[C@](O)([C@@H](C)C(=O)O)[C@@H](C)[C@H](OC)[C@@]6(C)O[C@H]6CC[C@H](OC)[C@@H](C)O6)C[C@@H](OC)[C@H]5C)[C@H](C)[C@H]4OC)O3)O2)O[C@](C)(O)[C@@H]1C. The average Bonchev–Trinajstić information content (AvgIpc) is 4.01. The molecule has 7 heterocycles. The normalized spacial score (nSPS) is 53.9. The van der Waals surface area contributed by atoms with Crippen LogP contribution in [0.4, 0.5) is 0 Å². The highest BCUT2D eigenvalue weighted by Crippen LogP contribution is 2.57. The summed E-state index contributed by atoms with van der Waals surface area (Å²) in [6, 6.07) is 0. The quantitative estimate of drug-likeness (QED) is 0.205. The minimum absolute atomic E-state index is 0.0173. The van der Waals surface area contributed by atoms with E-state index in [1.165, 1.54) is 14.0 Å². The third-order valence-electron chi connectivity index (χ3n) is 17.8. The van der Waals surface area contributed by atoms with E-state index in [0.717, 1.165) is 19.3 Å². The molecule has 1 spiro atoms. The zero-order chi connectivity index (χ0) is 48.5. The van der Waals surface area contributed by atoms with Crippen LogP contribution in [0.5, 0.6) is 0 Å². The van der Waals surface area contributed by atoms with Gasteiger partial charge in [0.2, 0.25) is 0 Å². The van der Waals surface area contributed by atoms with E-state index < -0.39 is 77.1 Å². The van der Waals surface area contributed by atoms with Crippen LogP contribution >= 0.6 is 0 Å². The van der Waals surface area contributed by atoms with E-state index in [0.29, 0.717) is 25.7 Å². The second kappa shape index (κ2) is 19.8. The van der Waals surface area contributed by atoms with Crippen molar-refractivity contribution < 1.29 is 81.7 Å². The molecule has 7 saturated heterocycles. The van der Waals surface area contributed by atoms with Crippen molar-refractivity contribution in [2.75, 3.05) is 35.5 Å². The van der Waals surface area contributed by atoms with Crippen molar-refractivity contribution >= 4 is 5.97 Å². The first-order valence-electron chi connectivity index (χ1n) is 24.7. The Kier molecular flexibility index (Phi) is 15.8. The van der Waals surface area contributed by atoms with Gasteiger partial charge in [0.15, 0.2) is 23.7 Å². The lowest BCUT2D eigenvalue weighted by Gasteiger charge is -2.58. The number of aliphatic hydroxyl groups is 2. The first-order chi connectivity index (χ1) is 31.0. The number of carboxylic acid groups (broad SMARTS) is 1. The van der Waals surface area contributed by atoms with Crippen molar-refractivity contribution in [3.63, 3.8) is 0 Å². The number of carboxylic acids is 1. The molecule has 0 bridgehead atoms. The maximum atomic E-state index is 12.6. The van der Waals surface area contributed by atoms with Gasteiger partial charge in [-0.1, -0.05) is 34.6 Å². The predicted octanol–water partition coefficient (Wildman–Crippen LogP) is 5.22. The van der Waals surface area contributed by atoms with Crippen molar-refractivity contribution in [1.82, 2.24) is 0 Å². The van der Waals surface area contributed by atoms with Gasteiger partial charge in [-0.3, -0.25) is 4.79 Å². The smallest absolute Gasteiger partial charge is 0.311 e. The van der Waals surface area contributed by atoms with Gasteiger partial charge >= 0.3 is 5.97 Å². The highest BCUT2D eigenvalue weighted by molar-refractivity contribution is 5.70. The molecule has 17 nitrogen and oxygen atoms in total. The molecule has 0 unspecified atom stereocenters. The average molecular weight is 945 g/mol. The lowest BCUT2D eigenvalue weighted by molar-refractivity contribution is -0.403. The van der Waals surface area contributed by atoms with Crippen LogP contribution in [0.2, 0.25) is 0 Å². The van der Waals surface area contributed by atoms with E-state index >= 15 is 0 Å². The second-order valence-electron chi connectivity index (χ2n) is 21.5. The third-order valence-corrected chi connectivity index (χ3v) is 17.8.